The number of likely N-dealkylation sites (tertiary alicyclic amines) is 1. The van der Waals surface area contributed by atoms with Crippen LogP contribution in [0.3, 0.4) is 0 Å². The molecule has 10 heteroatoms. The molecule has 10 nitrogen and oxygen atoms in total. The molecule has 4 amide bonds. The van der Waals surface area contributed by atoms with Gasteiger partial charge in [0.1, 0.15) is 6.04 Å². The van der Waals surface area contributed by atoms with E-state index in [0.717, 1.165) is 0 Å². The number of rotatable bonds is 8. The van der Waals surface area contributed by atoms with Gasteiger partial charge in [0, 0.05) is 37.0 Å². The van der Waals surface area contributed by atoms with Crippen LogP contribution < -0.4 is 0 Å². The largest absolute Gasteiger partial charge is 0.338 e. The molecule has 3 aliphatic heterocycles. The van der Waals surface area contributed by atoms with Crippen LogP contribution in [-0.4, -0.2) is 92.4 Å². The SMILES string of the molecule is CC(C)C[C@H]1ON(C(=O)/C=C/c2ccccn2)[C@H]2CN(C3CCN(C(=O)c4ccccc4)CC3)C(=O)[C@H](CC(C)C)N2C1=O. The van der Waals surface area contributed by atoms with E-state index in [-0.39, 0.29) is 42.1 Å². The zero-order valence-electron chi connectivity index (χ0n) is 26.0. The number of hydrogen-bond donors (Lipinski definition) is 0. The van der Waals surface area contributed by atoms with Gasteiger partial charge < -0.3 is 14.7 Å². The van der Waals surface area contributed by atoms with Crippen molar-refractivity contribution in [1.82, 2.24) is 24.7 Å². The highest BCUT2D eigenvalue weighted by Crippen LogP contribution is 2.34. The van der Waals surface area contributed by atoms with Crippen molar-refractivity contribution in [2.24, 2.45) is 11.8 Å². The van der Waals surface area contributed by atoms with Crippen LogP contribution in [-0.2, 0) is 19.2 Å². The minimum atomic E-state index is -0.861. The number of carbonyl (C=O) groups is 4. The molecule has 2 aromatic rings. The Hall–Kier alpha value is -4.05. The van der Waals surface area contributed by atoms with E-state index < -0.39 is 24.2 Å². The highest BCUT2D eigenvalue weighted by Gasteiger charge is 2.53. The van der Waals surface area contributed by atoms with E-state index in [1.165, 1.54) is 11.1 Å². The number of aromatic nitrogens is 1. The third kappa shape index (κ3) is 6.85. The lowest BCUT2D eigenvalue weighted by Crippen LogP contribution is -2.74. The summed E-state index contributed by atoms with van der Waals surface area (Å²) in [5.74, 6) is -0.487. The van der Waals surface area contributed by atoms with E-state index in [4.69, 9.17) is 4.84 Å². The number of fused-ring (bicyclic) bond motifs is 1. The van der Waals surface area contributed by atoms with Gasteiger partial charge in [0.05, 0.1) is 12.2 Å². The first-order valence-corrected chi connectivity index (χ1v) is 15.7. The van der Waals surface area contributed by atoms with E-state index in [1.54, 1.807) is 29.3 Å². The van der Waals surface area contributed by atoms with Crippen molar-refractivity contribution in [3.05, 3.63) is 72.1 Å². The van der Waals surface area contributed by atoms with Crippen molar-refractivity contribution in [2.75, 3.05) is 19.6 Å². The van der Waals surface area contributed by atoms with E-state index in [0.29, 0.717) is 50.0 Å². The third-order valence-corrected chi connectivity index (χ3v) is 8.52. The third-order valence-electron chi connectivity index (χ3n) is 8.52. The van der Waals surface area contributed by atoms with Crippen LogP contribution in [0.25, 0.3) is 6.08 Å². The fourth-order valence-corrected chi connectivity index (χ4v) is 6.39. The summed E-state index contributed by atoms with van der Waals surface area (Å²) in [6.07, 6.45) is 5.19. The molecule has 0 bridgehead atoms. The Balaban J connectivity index is 1.41. The highest BCUT2D eigenvalue weighted by molar-refractivity contribution is 5.96. The maximum atomic E-state index is 14.2. The molecule has 1 aromatic carbocycles. The summed E-state index contributed by atoms with van der Waals surface area (Å²) in [5.41, 5.74) is 1.27. The number of hydrogen-bond acceptors (Lipinski definition) is 6. The van der Waals surface area contributed by atoms with Crippen LogP contribution in [0, 0.1) is 11.8 Å². The molecule has 0 aliphatic carbocycles. The molecule has 3 saturated heterocycles. The molecule has 0 unspecified atom stereocenters. The van der Waals surface area contributed by atoms with E-state index in [9.17, 15) is 19.2 Å². The lowest BCUT2D eigenvalue weighted by molar-refractivity contribution is -0.275. The lowest BCUT2D eigenvalue weighted by atomic mass is 9.93. The maximum absolute atomic E-state index is 14.2. The normalized spacial score (nSPS) is 23.2. The van der Waals surface area contributed by atoms with Gasteiger partial charge in [-0.3, -0.25) is 29.0 Å². The fraction of sp³-hybridized carbons (Fsp3) is 0.500. The van der Waals surface area contributed by atoms with Gasteiger partial charge in [0.25, 0.3) is 17.7 Å². The molecular formula is C34H43N5O5. The minimum absolute atomic E-state index is 0.0168. The van der Waals surface area contributed by atoms with Gasteiger partial charge in [-0.25, -0.2) is 0 Å². The fourth-order valence-electron chi connectivity index (χ4n) is 6.39. The number of piperazine rings is 1. The zero-order valence-corrected chi connectivity index (χ0v) is 26.0. The van der Waals surface area contributed by atoms with Gasteiger partial charge in [0.2, 0.25) is 5.91 Å². The molecule has 5 rings (SSSR count). The maximum Gasteiger partial charge on any atom is 0.272 e. The summed E-state index contributed by atoms with van der Waals surface area (Å²) >= 11 is 0. The second-order valence-corrected chi connectivity index (χ2v) is 12.7. The number of hydroxylamine groups is 2. The van der Waals surface area contributed by atoms with Crippen molar-refractivity contribution in [3.63, 3.8) is 0 Å². The van der Waals surface area contributed by atoms with Crippen molar-refractivity contribution < 1.29 is 24.0 Å². The molecule has 1 aromatic heterocycles. The first-order valence-electron chi connectivity index (χ1n) is 15.7. The molecular weight excluding hydrogens is 558 g/mol. The van der Waals surface area contributed by atoms with Gasteiger partial charge in [0.15, 0.2) is 12.3 Å². The molecule has 0 N–H and O–H groups in total. The predicted octanol–water partition coefficient (Wildman–Crippen LogP) is 4.00. The van der Waals surface area contributed by atoms with Crippen molar-refractivity contribution in [3.8, 4) is 0 Å². The Kier molecular flexibility index (Phi) is 9.78. The number of piperidine rings is 1. The average molecular weight is 602 g/mol. The first kappa shape index (κ1) is 31.4. The van der Waals surface area contributed by atoms with Gasteiger partial charge in [-0.15, -0.1) is 0 Å². The number of benzene rings is 1. The molecule has 0 radical (unpaired) electrons. The van der Waals surface area contributed by atoms with Crippen LogP contribution >= 0.6 is 0 Å². The minimum Gasteiger partial charge on any atom is -0.338 e. The van der Waals surface area contributed by atoms with Gasteiger partial charge in [-0.05, 0) is 67.9 Å². The van der Waals surface area contributed by atoms with E-state index in [2.05, 4.69) is 4.98 Å². The number of carbonyl (C=O) groups excluding carboxylic acids is 4. The predicted molar refractivity (Wildman–Crippen MR) is 165 cm³/mol. The van der Waals surface area contributed by atoms with Crippen LogP contribution in [0.5, 0.6) is 0 Å². The van der Waals surface area contributed by atoms with Crippen molar-refractivity contribution >= 4 is 29.7 Å². The monoisotopic (exact) mass is 601 g/mol. The second kappa shape index (κ2) is 13.7. The van der Waals surface area contributed by atoms with Crippen molar-refractivity contribution in [2.45, 2.75) is 77.7 Å². The second-order valence-electron chi connectivity index (χ2n) is 12.7. The van der Waals surface area contributed by atoms with Crippen LogP contribution in [0.2, 0.25) is 0 Å². The molecule has 0 spiro atoms. The van der Waals surface area contributed by atoms with E-state index >= 15 is 0 Å². The molecule has 44 heavy (non-hydrogen) atoms. The van der Waals surface area contributed by atoms with Gasteiger partial charge in [-0.1, -0.05) is 52.0 Å². The lowest BCUT2D eigenvalue weighted by Gasteiger charge is -2.55. The number of pyridine rings is 1. The number of amides is 4. The van der Waals surface area contributed by atoms with Crippen LogP contribution in [0.15, 0.2) is 60.8 Å². The molecule has 4 heterocycles. The molecule has 0 saturated carbocycles. The summed E-state index contributed by atoms with van der Waals surface area (Å²) in [6.45, 7) is 9.25. The quantitative estimate of drug-likeness (QED) is 0.424. The zero-order chi connectivity index (χ0) is 31.4. The Morgan fingerprint density at radius 1 is 0.932 bits per heavy atom. The Bertz CT molecular complexity index is 1360. The average Bonchev–Trinajstić information content (AvgIpc) is 3.02. The molecule has 3 atom stereocenters. The Morgan fingerprint density at radius 3 is 2.25 bits per heavy atom. The first-order chi connectivity index (χ1) is 21.1. The summed E-state index contributed by atoms with van der Waals surface area (Å²) in [4.78, 5) is 70.6. The standard InChI is InChI=1S/C34H43N5O5/c1-23(2)20-28-33(42)37(27-15-18-36(19-16-27)32(41)25-10-6-5-7-11-25)22-30-38(28)34(43)29(21-24(3)4)44-39(30)31(40)14-13-26-12-8-9-17-35-26/h5-14,17,23-24,27-30H,15-16,18-22H2,1-4H3/b14-13+/t28-,29+,30-/m0/s1. The number of nitrogens with zero attached hydrogens (tertiary/aromatic N) is 5. The molecule has 3 fully saturated rings. The summed E-state index contributed by atoms with van der Waals surface area (Å²) in [5, 5.41) is 1.30. The Labute approximate surface area is 259 Å². The van der Waals surface area contributed by atoms with Gasteiger partial charge in [-0.2, -0.15) is 5.06 Å². The van der Waals surface area contributed by atoms with Crippen LogP contribution in [0.1, 0.15) is 69.4 Å². The smallest absolute Gasteiger partial charge is 0.272 e. The summed E-state index contributed by atoms with van der Waals surface area (Å²) in [7, 11) is 0. The van der Waals surface area contributed by atoms with Crippen molar-refractivity contribution in [1.29, 1.82) is 0 Å². The van der Waals surface area contributed by atoms with E-state index in [1.807, 2.05) is 73.9 Å². The highest BCUT2D eigenvalue weighted by atomic mass is 16.7. The topological polar surface area (TPSA) is 103 Å². The summed E-state index contributed by atoms with van der Waals surface area (Å²) < 4.78 is 0. The van der Waals surface area contributed by atoms with Gasteiger partial charge >= 0.3 is 0 Å². The molecule has 3 aliphatic rings. The Morgan fingerprint density at radius 2 is 1.61 bits per heavy atom. The molecule has 234 valence electrons. The van der Waals surface area contributed by atoms with Crippen LogP contribution in [0.4, 0.5) is 0 Å². The summed E-state index contributed by atoms with van der Waals surface area (Å²) in [6, 6.07) is 13.8.